The number of rotatable bonds is 7. The summed E-state index contributed by atoms with van der Waals surface area (Å²) in [5.41, 5.74) is 3.84. The summed E-state index contributed by atoms with van der Waals surface area (Å²) in [5, 5.41) is 13.7. The standard InChI is InChI=1S/C25H26N4O3/c1-17-7-6-10-20(13-17)22(30)16-28(15-19-8-4-3-5-9-19)24(31)14-21-18(2)27-23-11-12-26-29(23)25(21)32/h3-13,22,26,30H,14-16H2,1-2H3. The number of aromatic amines is 1. The molecule has 0 aliphatic rings. The molecular formula is C25H26N4O3. The van der Waals surface area contributed by atoms with E-state index >= 15 is 0 Å². The zero-order valence-corrected chi connectivity index (χ0v) is 18.2. The number of amides is 1. The van der Waals surface area contributed by atoms with Crippen LogP contribution in [-0.2, 0) is 17.8 Å². The smallest absolute Gasteiger partial charge is 0.276 e. The Bertz CT molecular complexity index is 1290. The summed E-state index contributed by atoms with van der Waals surface area (Å²) in [6.07, 6.45) is 0.704. The fourth-order valence-electron chi connectivity index (χ4n) is 3.82. The van der Waals surface area contributed by atoms with Gasteiger partial charge in [-0.2, -0.15) is 0 Å². The average Bonchev–Trinajstić information content (AvgIpc) is 3.25. The minimum atomic E-state index is -0.839. The Morgan fingerprint density at radius 1 is 1.12 bits per heavy atom. The van der Waals surface area contributed by atoms with Crippen molar-refractivity contribution in [1.82, 2.24) is 19.5 Å². The van der Waals surface area contributed by atoms with Crippen molar-refractivity contribution in [3.05, 3.63) is 105 Å². The molecule has 2 aromatic carbocycles. The van der Waals surface area contributed by atoms with Crippen LogP contribution >= 0.6 is 0 Å². The largest absolute Gasteiger partial charge is 0.387 e. The average molecular weight is 431 g/mol. The maximum atomic E-state index is 13.4. The number of hydrogen-bond acceptors (Lipinski definition) is 4. The number of fused-ring (bicyclic) bond motifs is 1. The lowest BCUT2D eigenvalue weighted by atomic mass is 10.0. The summed E-state index contributed by atoms with van der Waals surface area (Å²) in [4.78, 5) is 32.3. The summed E-state index contributed by atoms with van der Waals surface area (Å²) in [5.74, 6) is -0.242. The maximum absolute atomic E-state index is 13.4. The molecule has 1 unspecified atom stereocenters. The van der Waals surface area contributed by atoms with E-state index in [4.69, 9.17) is 0 Å². The van der Waals surface area contributed by atoms with Crippen LogP contribution in [0.5, 0.6) is 0 Å². The monoisotopic (exact) mass is 430 g/mol. The minimum absolute atomic E-state index is 0.0903. The number of nitrogens with one attached hydrogen (secondary N) is 1. The Kier molecular flexibility index (Phi) is 6.18. The quantitative estimate of drug-likeness (QED) is 0.472. The van der Waals surface area contributed by atoms with Crippen LogP contribution in [0.2, 0.25) is 0 Å². The highest BCUT2D eigenvalue weighted by molar-refractivity contribution is 5.79. The second-order valence-corrected chi connectivity index (χ2v) is 8.00. The first-order chi connectivity index (χ1) is 15.4. The molecule has 0 spiro atoms. The van der Waals surface area contributed by atoms with Crippen molar-refractivity contribution in [2.24, 2.45) is 0 Å². The number of benzene rings is 2. The lowest BCUT2D eigenvalue weighted by Crippen LogP contribution is -2.37. The number of nitrogens with zero attached hydrogens (tertiary/aromatic N) is 3. The van der Waals surface area contributed by atoms with E-state index in [0.717, 1.165) is 16.7 Å². The van der Waals surface area contributed by atoms with Gasteiger partial charge in [-0.25, -0.2) is 9.50 Å². The van der Waals surface area contributed by atoms with E-state index in [0.29, 0.717) is 23.4 Å². The number of carbonyl (C=O) groups excluding carboxylic acids is 1. The Hall–Kier alpha value is -3.71. The predicted octanol–water partition coefficient (Wildman–Crippen LogP) is 2.94. The van der Waals surface area contributed by atoms with Crippen molar-refractivity contribution in [2.75, 3.05) is 6.54 Å². The van der Waals surface area contributed by atoms with E-state index in [1.54, 1.807) is 24.1 Å². The first-order valence-electron chi connectivity index (χ1n) is 10.5. The van der Waals surface area contributed by atoms with E-state index in [1.807, 2.05) is 61.5 Å². The van der Waals surface area contributed by atoms with Crippen LogP contribution < -0.4 is 5.56 Å². The second-order valence-electron chi connectivity index (χ2n) is 8.00. The van der Waals surface area contributed by atoms with E-state index in [9.17, 15) is 14.7 Å². The minimum Gasteiger partial charge on any atom is -0.387 e. The predicted molar refractivity (Wildman–Crippen MR) is 122 cm³/mol. The molecule has 0 radical (unpaired) electrons. The third kappa shape index (κ3) is 4.63. The van der Waals surface area contributed by atoms with Crippen molar-refractivity contribution in [3.8, 4) is 0 Å². The van der Waals surface area contributed by atoms with Gasteiger partial charge in [0.05, 0.1) is 19.1 Å². The topological polar surface area (TPSA) is 90.7 Å². The molecule has 2 N–H and O–H groups in total. The van der Waals surface area contributed by atoms with Crippen LogP contribution in [0.15, 0.2) is 71.7 Å². The van der Waals surface area contributed by atoms with Crippen LogP contribution in [0.4, 0.5) is 0 Å². The first-order valence-corrected chi connectivity index (χ1v) is 10.5. The van der Waals surface area contributed by atoms with Gasteiger partial charge in [-0.3, -0.25) is 14.7 Å². The molecule has 7 nitrogen and oxygen atoms in total. The van der Waals surface area contributed by atoms with E-state index in [1.165, 1.54) is 4.52 Å². The highest BCUT2D eigenvalue weighted by atomic mass is 16.3. The van der Waals surface area contributed by atoms with Gasteiger partial charge in [0.1, 0.15) is 0 Å². The van der Waals surface area contributed by atoms with Gasteiger partial charge in [-0.15, -0.1) is 0 Å². The summed E-state index contributed by atoms with van der Waals surface area (Å²) < 4.78 is 1.33. The molecule has 2 heterocycles. The summed E-state index contributed by atoms with van der Waals surface area (Å²) in [6, 6.07) is 18.9. The molecule has 164 valence electrons. The highest BCUT2D eigenvalue weighted by Crippen LogP contribution is 2.18. The van der Waals surface area contributed by atoms with Gasteiger partial charge in [0.2, 0.25) is 5.91 Å². The van der Waals surface area contributed by atoms with Crippen molar-refractivity contribution in [3.63, 3.8) is 0 Å². The van der Waals surface area contributed by atoms with Crippen LogP contribution in [0.25, 0.3) is 5.65 Å². The molecule has 0 aliphatic carbocycles. The molecule has 0 bridgehead atoms. The highest BCUT2D eigenvalue weighted by Gasteiger charge is 2.22. The van der Waals surface area contributed by atoms with Crippen molar-refractivity contribution in [1.29, 1.82) is 0 Å². The molecule has 0 aliphatic heterocycles. The molecule has 0 saturated carbocycles. The Labute approximate surface area is 186 Å². The zero-order chi connectivity index (χ0) is 22.7. The maximum Gasteiger partial charge on any atom is 0.276 e. The van der Waals surface area contributed by atoms with Gasteiger partial charge in [-0.1, -0.05) is 60.2 Å². The molecule has 0 saturated heterocycles. The molecule has 32 heavy (non-hydrogen) atoms. The van der Waals surface area contributed by atoms with E-state index in [-0.39, 0.29) is 24.4 Å². The van der Waals surface area contributed by atoms with Gasteiger partial charge in [0, 0.05) is 30.1 Å². The van der Waals surface area contributed by atoms with Crippen LogP contribution in [0.1, 0.15) is 34.1 Å². The summed E-state index contributed by atoms with van der Waals surface area (Å²) in [7, 11) is 0. The van der Waals surface area contributed by atoms with Crippen molar-refractivity contribution >= 4 is 11.6 Å². The number of H-pyrrole nitrogens is 1. The summed E-state index contributed by atoms with van der Waals surface area (Å²) in [6.45, 7) is 4.15. The molecule has 0 fully saturated rings. The van der Waals surface area contributed by atoms with Crippen molar-refractivity contribution in [2.45, 2.75) is 32.9 Å². The lowest BCUT2D eigenvalue weighted by molar-refractivity contribution is -0.132. The number of aromatic nitrogens is 3. The molecule has 1 atom stereocenters. The SMILES string of the molecule is Cc1cccc(C(O)CN(Cc2ccccc2)C(=O)Cc2c(C)nc3cc[nH]n3c2=O)c1. The molecule has 2 aromatic heterocycles. The van der Waals surface area contributed by atoms with Gasteiger partial charge in [-0.05, 0) is 25.0 Å². The molecule has 1 amide bonds. The van der Waals surface area contributed by atoms with Gasteiger partial charge < -0.3 is 10.0 Å². The van der Waals surface area contributed by atoms with Crippen LogP contribution in [-0.4, -0.2) is 37.1 Å². The fraction of sp³-hybridized carbons (Fsp3) is 0.240. The number of aliphatic hydroxyl groups excluding tert-OH is 1. The molecule has 4 aromatic rings. The number of aliphatic hydroxyl groups is 1. The Balaban J connectivity index is 1.62. The van der Waals surface area contributed by atoms with Gasteiger partial charge in [0.25, 0.3) is 5.56 Å². The first kappa shape index (κ1) is 21.5. The number of carbonyl (C=O) groups is 1. The lowest BCUT2D eigenvalue weighted by Gasteiger charge is -2.26. The molecule has 4 rings (SSSR count). The second kappa shape index (κ2) is 9.20. The molecular weight excluding hydrogens is 404 g/mol. The normalized spacial score (nSPS) is 12.1. The van der Waals surface area contributed by atoms with Gasteiger partial charge in [0.15, 0.2) is 5.65 Å². The Morgan fingerprint density at radius 2 is 1.91 bits per heavy atom. The van der Waals surface area contributed by atoms with Gasteiger partial charge >= 0.3 is 0 Å². The fourth-order valence-corrected chi connectivity index (χ4v) is 3.82. The zero-order valence-electron chi connectivity index (χ0n) is 18.2. The van der Waals surface area contributed by atoms with Crippen LogP contribution in [0.3, 0.4) is 0 Å². The third-order valence-electron chi connectivity index (χ3n) is 5.56. The third-order valence-corrected chi connectivity index (χ3v) is 5.56. The number of hydrogen-bond donors (Lipinski definition) is 2. The molecule has 7 heteroatoms. The number of aryl methyl sites for hydroxylation is 2. The van der Waals surface area contributed by atoms with Crippen LogP contribution in [0, 0.1) is 13.8 Å². The van der Waals surface area contributed by atoms with E-state index < -0.39 is 6.10 Å². The Morgan fingerprint density at radius 3 is 2.66 bits per heavy atom. The summed E-state index contributed by atoms with van der Waals surface area (Å²) >= 11 is 0. The van der Waals surface area contributed by atoms with Crippen molar-refractivity contribution < 1.29 is 9.90 Å². The van der Waals surface area contributed by atoms with E-state index in [2.05, 4.69) is 10.1 Å².